The number of nitrogens with one attached hydrogen (secondary N) is 2. The van der Waals surface area contributed by atoms with Crippen molar-refractivity contribution >= 4 is 22.6 Å². The van der Waals surface area contributed by atoms with Crippen LogP contribution in [0.2, 0.25) is 0 Å². The minimum Gasteiger partial charge on any atom is -0.367 e. The largest absolute Gasteiger partial charge is 0.367 e. The zero-order valence-electron chi connectivity index (χ0n) is 14.5. The zero-order chi connectivity index (χ0) is 17.6. The Morgan fingerprint density at radius 2 is 2.12 bits per heavy atom. The molecule has 0 spiro atoms. The summed E-state index contributed by atoms with van der Waals surface area (Å²) < 4.78 is 13.8. The van der Waals surface area contributed by atoms with Crippen molar-refractivity contribution in [3.05, 3.63) is 30.3 Å². The Morgan fingerprint density at radius 1 is 1.32 bits per heavy atom. The number of hydrogen-bond acceptors (Lipinski definition) is 5. The fraction of sp³-hybridized carbons (Fsp3) is 0.500. The maximum atomic E-state index is 13.8. The molecule has 0 saturated carbocycles. The number of halogens is 1. The normalized spacial score (nSPS) is 16.1. The average Bonchev–Trinajstić information content (AvgIpc) is 2.62. The first kappa shape index (κ1) is 17.5. The molecule has 1 saturated heterocycles. The SMILES string of the molecule is CCCNC(=O)CN1CCC(Nc2ncnc3c(F)cccc23)CC1. The number of aromatic nitrogens is 2. The quantitative estimate of drug-likeness (QED) is 0.840. The molecule has 0 radical (unpaired) electrons. The molecule has 6 nitrogen and oxygen atoms in total. The number of likely N-dealkylation sites (tertiary alicyclic amines) is 1. The molecule has 1 aliphatic rings. The van der Waals surface area contributed by atoms with Gasteiger partial charge in [0.1, 0.15) is 23.5 Å². The first-order chi connectivity index (χ1) is 12.2. The maximum Gasteiger partial charge on any atom is 0.234 e. The van der Waals surface area contributed by atoms with Gasteiger partial charge in [0.25, 0.3) is 0 Å². The minimum atomic E-state index is -0.337. The highest BCUT2D eigenvalue weighted by molar-refractivity contribution is 5.89. The number of piperidine rings is 1. The Hall–Kier alpha value is -2.28. The van der Waals surface area contributed by atoms with Crippen molar-refractivity contribution < 1.29 is 9.18 Å². The van der Waals surface area contributed by atoms with E-state index < -0.39 is 0 Å². The molecule has 7 heteroatoms. The van der Waals surface area contributed by atoms with Gasteiger partial charge in [0, 0.05) is 31.1 Å². The first-order valence-electron chi connectivity index (χ1n) is 8.82. The van der Waals surface area contributed by atoms with Crippen LogP contribution >= 0.6 is 0 Å². The number of carbonyl (C=O) groups is 1. The molecular weight excluding hydrogens is 321 g/mol. The molecule has 25 heavy (non-hydrogen) atoms. The number of amides is 1. The highest BCUT2D eigenvalue weighted by atomic mass is 19.1. The Labute approximate surface area is 146 Å². The molecule has 2 aromatic rings. The molecular formula is C18H24FN5O. The van der Waals surface area contributed by atoms with Crippen LogP contribution in [0.25, 0.3) is 10.9 Å². The Bertz CT molecular complexity index is 730. The number of anilines is 1. The lowest BCUT2D eigenvalue weighted by molar-refractivity contribution is -0.122. The Kier molecular flexibility index (Phi) is 5.75. The number of fused-ring (bicyclic) bond motifs is 1. The van der Waals surface area contributed by atoms with Crippen LogP contribution in [0, 0.1) is 5.82 Å². The van der Waals surface area contributed by atoms with Crippen LogP contribution in [0.4, 0.5) is 10.2 Å². The van der Waals surface area contributed by atoms with Gasteiger partial charge >= 0.3 is 0 Å². The first-order valence-corrected chi connectivity index (χ1v) is 8.82. The second kappa shape index (κ2) is 8.20. The van der Waals surface area contributed by atoms with Crippen molar-refractivity contribution in [3.8, 4) is 0 Å². The molecule has 2 N–H and O–H groups in total. The molecule has 0 unspecified atom stereocenters. The average molecular weight is 345 g/mol. The predicted octanol–water partition coefficient (Wildman–Crippen LogP) is 2.17. The van der Waals surface area contributed by atoms with Crippen LogP contribution in [-0.2, 0) is 4.79 Å². The van der Waals surface area contributed by atoms with E-state index in [1.54, 1.807) is 6.07 Å². The van der Waals surface area contributed by atoms with E-state index in [0.717, 1.165) is 38.9 Å². The Morgan fingerprint density at radius 3 is 2.88 bits per heavy atom. The molecule has 0 aliphatic carbocycles. The van der Waals surface area contributed by atoms with Gasteiger partial charge in [-0.2, -0.15) is 0 Å². The van der Waals surface area contributed by atoms with Gasteiger partial charge in [0.15, 0.2) is 0 Å². The van der Waals surface area contributed by atoms with Gasteiger partial charge in [-0.15, -0.1) is 0 Å². The van der Waals surface area contributed by atoms with E-state index in [2.05, 4.69) is 25.5 Å². The van der Waals surface area contributed by atoms with E-state index in [0.29, 0.717) is 23.3 Å². The predicted molar refractivity (Wildman–Crippen MR) is 95.9 cm³/mol. The summed E-state index contributed by atoms with van der Waals surface area (Å²) in [5, 5.41) is 7.02. The van der Waals surface area contributed by atoms with Crippen LogP contribution < -0.4 is 10.6 Å². The number of para-hydroxylation sites is 1. The lowest BCUT2D eigenvalue weighted by Crippen LogP contribution is -2.44. The van der Waals surface area contributed by atoms with Crippen LogP contribution in [0.1, 0.15) is 26.2 Å². The summed E-state index contributed by atoms with van der Waals surface area (Å²) in [5.41, 5.74) is 0.338. The number of nitrogens with zero attached hydrogens (tertiary/aromatic N) is 3. The van der Waals surface area contributed by atoms with Gasteiger partial charge in [-0.05, 0) is 31.4 Å². The van der Waals surface area contributed by atoms with Crippen molar-refractivity contribution in [2.75, 3.05) is 31.5 Å². The van der Waals surface area contributed by atoms with E-state index >= 15 is 0 Å². The molecule has 0 atom stereocenters. The van der Waals surface area contributed by atoms with E-state index in [1.807, 2.05) is 13.0 Å². The van der Waals surface area contributed by atoms with Crippen molar-refractivity contribution in [1.82, 2.24) is 20.2 Å². The van der Waals surface area contributed by atoms with E-state index in [-0.39, 0.29) is 17.8 Å². The standard InChI is InChI=1S/C18H24FN5O/c1-2-8-20-16(25)11-24-9-6-13(7-10-24)23-18-14-4-3-5-15(19)17(14)21-12-22-18/h3-5,12-13H,2,6-11H2,1H3,(H,20,25)(H,21,22,23). The molecule has 1 aromatic heterocycles. The van der Waals surface area contributed by atoms with Crippen molar-refractivity contribution in [1.29, 1.82) is 0 Å². The topological polar surface area (TPSA) is 70.2 Å². The van der Waals surface area contributed by atoms with E-state index in [1.165, 1.54) is 12.4 Å². The summed E-state index contributed by atoms with van der Waals surface area (Å²) in [6.07, 6.45) is 4.18. The summed E-state index contributed by atoms with van der Waals surface area (Å²) in [7, 11) is 0. The number of hydrogen-bond donors (Lipinski definition) is 2. The molecule has 3 rings (SSSR count). The summed E-state index contributed by atoms with van der Waals surface area (Å²) in [6.45, 7) is 4.94. The van der Waals surface area contributed by atoms with Crippen LogP contribution in [0.3, 0.4) is 0 Å². The molecule has 1 amide bonds. The molecule has 1 aromatic carbocycles. The van der Waals surface area contributed by atoms with Gasteiger partial charge in [0.05, 0.1) is 6.54 Å². The van der Waals surface area contributed by atoms with Gasteiger partial charge in [-0.1, -0.05) is 13.0 Å². The second-order valence-electron chi connectivity index (χ2n) is 6.40. The zero-order valence-corrected chi connectivity index (χ0v) is 14.5. The van der Waals surface area contributed by atoms with Crippen molar-refractivity contribution in [2.24, 2.45) is 0 Å². The number of benzene rings is 1. The molecule has 2 heterocycles. The van der Waals surface area contributed by atoms with Crippen LogP contribution in [0.5, 0.6) is 0 Å². The number of rotatable bonds is 6. The third-order valence-electron chi connectivity index (χ3n) is 4.48. The smallest absolute Gasteiger partial charge is 0.234 e. The summed E-state index contributed by atoms with van der Waals surface area (Å²) in [5.74, 6) is 0.421. The van der Waals surface area contributed by atoms with Crippen molar-refractivity contribution in [2.45, 2.75) is 32.2 Å². The highest BCUT2D eigenvalue weighted by Gasteiger charge is 2.21. The van der Waals surface area contributed by atoms with Crippen LogP contribution in [-0.4, -0.2) is 53.0 Å². The summed E-state index contributed by atoms with van der Waals surface area (Å²) in [4.78, 5) is 22.3. The highest BCUT2D eigenvalue weighted by Crippen LogP contribution is 2.23. The minimum absolute atomic E-state index is 0.0885. The maximum absolute atomic E-state index is 13.8. The van der Waals surface area contributed by atoms with Crippen LogP contribution in [0.15, 0.2) is 24.5 Å². The third kappa shape index (κ3) is 4.42. The van der Waals surface area contributed by atoms with Gasteiger partial charge in [-0.3, -0.25) is 9.69 Å². The molecule has 0 bridgehead atoms. The monoisotopic (exact) mass is 345 g/mol. The van der Waals surface area contributed by atoms with E-state index in [9.17, 15) is 9.18 Å². The summed E-state index contributed by atoms with van der Waals surface area (Å²) in [6, 6.07) is 5.16. The Balaban J connectivity index is 1.56. The lowest BCUT2D eigenvalue weighted by atomic mass is 10.0. The second-order valence-corrected chi connectivity index (χ2v) is 6.40. The fourth-order valence-corrected chi connectivity index (χ4v) is 3.12. The molecule has 1 fully saturated rings. The lowest BCUT2D eigenvalue weighted by Gasteiger charge is -2.32. The van der Waals surface area contributed by atoms with Gasteiger partial charge in [0.2, 0.25) is 5.91 Å². The van der Waals surface area contributed by atoms with Crippen molar-refractivity contribution in [3.63, 3.8) is 0 Å². The third-order valence-corrected chi connectivity index (χ3v) is 4.48. The van der Waals surface area contributed by atoms with Gasteiger partial charge < -0.3 is 10.6 Å². The molecule has 134 valence electrons. The number of carbonyl (C=O) groups excluding carboxylic acids is 1. The summed E-state index contributed by atoms with van der Waals surface area (Å²) >= 11 is 0. The van der Waals surface area contributed by atoms with E-state index in [4.69, 9.17) is 0 Å². The van der Waals surface area contributed by atoms with Gasteiger partial charge in [-0.25, -0.2) is 14.4 Å². The fourth-order valence-electron chi connectivity index (χ4n) is 3.12. The molecule has 1 aliphatic heterocycles.